The van der Waals surface area contributed by atoms with Crippen LogP contribution >= 0.6 is 12.2 Å². The quantitative estimate of drug-likeness (QED) is 0.655. The predicted molar refractivity (Wildman–Crippen MR) is 88.7 cm³/mol. The van der Waals surface area contributed by atoms with E-state index in [4.69, 9.17) is 18.1 Å². The van der Waals surface area contributed by atoms with Crippen molar-refractivity contribution in [1.29, 1.82) is 0 Å². The highest BCUT2D eigenvalue weighted by Crippen LogP contribution is 2.30. The molecule has 112 valence electrons. The highest BCUT2D eigenvalue weighted by Gasteiger charge is 2.30. The number of Topliss-reactive ketones (excluding diaryl/α,β-unsaturated/α-hetero) is 1. The molecule has 5 nitrogen and oxygen atoms in total. The first-order valence-electron chi connectivity index (χ1n) is 6.67. The van der Waals surface area contributed by atoms with Gasteiger partial charge in [0, 0.05) is 31.1 Å². The molecule has 21 heavy (non-hydrogen) atoms. The fourth-order valence-corrected chi connectivity index (χ4v) is 2.68. The number of carbonyl (C=O) groups excluding carboxylic acids is 1. The number of anilines is 1. The molecule has 0 aromatic heterocycles. The van der Waals surface area contributed by atoms with Crippen molar-refractivity contribution in [3.8, 4) is 0 Å². The van der Waals surface area contributed by atoms with Crippen LogP contribution in [0.4, 0.5) is 5.69 Å². The summed E-state index contributed by atoms with van der Waals surface area (Å²) in [6.07, 6.45) is 0. The number of ketones is 1. The van der Waals surface area contributed by atoms with Crippen LogP contribution in [0.25, 0.3) is 0 Å². The zero-order valence-electron chi connectivity index (χ0n) is 12.7. The van der Waals surface area contributed by atoms with Crippen LogP contribution in [0.5, 0.6) is 0 Å². The van der Waals surface area contributed by atoms with Crippen molar-refractivity contribution in [1.82, 2.24) is 10.3 Å². The van der Waals surface area contributed by atoms with Crippen molar-refractivity contribution < 1.29 is 4.79 Å². The van der Waals surface area contributed by atoms with Gasteiger partial charge in [-0.3, -0.25) is 9.80 Å². The number of hydrogen-bond acceptors (Lipinski definition) is 4. The molecule has 0 unspecified atom stereocenters. The number of thiocarbonyl (C=S) groups is 1. The van der Waals surface area contributed by atoms with E-state index in [0.29, 0.717) is 16.4 Å². The topological polar surface area (TPSA) is 61.6 Å². The SMILES string of the molecule is CC(=O)C1=C(C)N(N)C(=S)N[C@H]1c1ccc(N(C)C)cc1. The van der Waals surface area contributed by atoms with Gasteiger partial charge in [-0.1, -0.05) is 12.1 Å². The number of hydrogen-bond donors (Lipinski definition) is 2. The fourth-order valence-electron chi connectivity index (χ4n) is 2.43. The maximum absolute atomic E-state index is 12.0. The van der Waals surface area contributed by atoms with Gasteiger partial charge in [-0.2, -0.15) is 0 Å². The van der Waals surface area contributed by atoms with E-state index < -0.39 is 0 Å². The maximum Gasteiger partial charge on any atom is 0.188 e. The molecule has 1 aromatic carbocycles. The van der Waals surface area contributed by atoms with E-state index in [-0.39, 0.29) is 11.8 Å². The van der Waals surface area contributed by atoms with Crippen LogP contribution in [0, 0.1) is 0 Å². The van der Waals surface area contributed by atoms with E-state index in [1.54, 1.807) is 6.92 Å². The summed E-state index contributed by atoms with van der Waals surface area (Å²) in [7, 11) is 3.97. The monoisotopic (exact) mass is 304 g/mol. The summed E-state index contributed by atoms with van der Waals surface area (Å²) in [5, 5.41) is 4.89. The first-order valence-corrected chi connectivity index (χ1v) is 7.08. The summed E-state index contributed by atoms with van der Waals surface area (Å²) >= 11 is 5.23. The molecule has 0 radical (unpaired) electrons. The van der Waals surface area contributed by atoms with Gasteiger partial charge in [-0.15, -0.1) is 0 Å². The predicted octanol–water partition coefficient (Wildman–Crippen LogP) is 1.72. The molecule has 0 fully saturated rings. The van der Waals surface area contributed by atoms with Gasteiger partial charge in [0.1, 0.15) is 0 Å². The Balaban J connectivity index is 2.45. The van der Waals surface area contributed by atoms with Gasteiger partial charge in [0.2, 0.25) is 0 Å². The zero-order valence-corrected chi connectivity index (χ0v) is 13.5. The van der Waals surface area contributed by atoms with E-state index in [1.807, 2.05) is 50.2 Å². The van der Waals surface area contributed by atoms with Crippen molar-refractivity contribution in [3.05, 3.63) is 41.1 Å². The summed E-state index contributed by atoms with van der Waals surface area (Å²) < 4.78 is 0. The lowest BCUT2D eigenvalue weighted by Gasteiger charge is -2.35. The van der Waals surface area contributed by atoms with Crippen LogP contribution < -0.4 is 16.1 Å². The van der Waals surface area contributed by atoms with Crippen molar-refractivity contribution in [2.45, 2.75) is 19.9 Å². The summed E-state index contributed by atoms with van der Waals surface area (Å²) in [5.41, 5.74) is 3.42. The Kier molecular flexibility index (Phi) is 4.29. The second-order valence-corrected chi connectivity index (χ2v) is 5.68. The number of carbonyl (C=O) groups is 1. The number of nitrogens with one attached hydrogen (secondary N) is 1. The molecule has 1 aliphatic rings. The lowest BCUT2D eigenvalue weighted by Crippen LogP contribution is -2.50. The number of nitrogens with two attached hydrogens (primary N) is 1. The standard InChI is InChI=1S/C15H20N4OS/c1-9-13(10(2)20)14(17-15(21)19(9)16)11-5-7-12(8-6-11)18(3)4/h5-8,14H,16H2,1-4H3,(H,17,21)/t14-/m0/s1. The van der Waals surface area contributed by atoms with Gasteiger partial charge >= 0.3 is 0 Å². The highest BCUT2D eigenvalue weighted by molar-refractivity contribution is 7.80. The largest absolute Gasteiger partial charge is 0.378 e. The number of benzene rings is 1. The Hall–Kier alpha value is -1.92. The molecule has 1 atom stereocenters. The Bertz CT molecular complexity index is 607. The second-order valence-electron chi connectivity index (χ2n) is 5.29. The van der Waals surface area contributed by atoms with Crippen LogP contribution in [0.15, 0.2) is 35.5 Å². The van der Waals surface area contributed by atoms with Gasteiger partial charge in [-0.05, 0) is 43.8 Å². The molecule has 1 aromatic rings. The molecule has 0 saturated carbocycles. The maximum atomic E-state index is 12.0. The van der Waals surface area contributed by atoms with Crippen molar-refractivity contribution in [2.75, 3.05) is 19.0 Å². The van der Waals surface area contributed by atoms with E-state index in [1.165, 1.54) is 5.01 Å². The minimum Gasteiger partial charge on any atom is -0.378 e. The van der Waals surface area contributed by atoms with Crippen LogP contribution in [-0.4, -0.2) is 30.0 Å². The number of hydrazine groups is 1. The molecular formula is C15H20N4OS. The van der Waals surface area contributed by atoms with Crippen molar-refractivity contribution in [2.24, 2.45) is 5.84 Å². The van der Waals surface area contributed by atoms with E-state index >= 15 is 0 Å². The van der Waals surface area contributed by atoms with Crippen molar-refractivity contribution in [3.63, 3.8) is 0 Å². The summed E-state index contributed by atoms with van der Waals surface area (Å²) in [5.74, 6) is 5.85. The second kappa shape index (κ2) is 5.83. The van der Waals surface area contributed by atoms with Gasteiger partial charge in [0.15, 0.2) is 10.9 Å². The summed E-state index contributed by atoms with van der Waals surface area (Å²) in [6, 6.07) is 7.77. The van der Waals surface area contributed by atoms with Gasteiger partial charge in [0.25, 0.3) is 0 Å². The Labute approximate surface area is 130 Å². The molecule has 1 aliphatic heterocycles. The molecule has 2 rings (SSSR count). The molecule has 0 spiro atoms. The molecule has 6 heteroatoms. The number of rotatable bonds is 3. The molecule has 1 heterocycles. The average Bonchev–Trinajstić information content (AvgIpc) is 2.44. The van der Waals surface area contributed by atoms with E-state index in [9.17, 15) is 4.79 Å². The zero-order chi connectivity index (χ0) is 15.7. The van der Waals surface area contributed by atoms with Crippen LogP contribution in [0.3, 0.4) is 0 Å². The minimum absolute atomic E-state index is 0.0142. The fraction of sp³-hybridized carbons (Fsp3) is 0.333. The molecule has 0 aliphatic carbocycles. The summed E-state index contributed by atoms with van der Waals surface area (Å²) in [6.45, 7) is 3.36. The lowest BCUT2D eigenvalue weighted by atomic mass is 9.93. The molecular weight excluding hydrogens is 284 g/mol. The molecule has 0 saturated heterocycles. The smallest absolute Gasteiger partial charge is 0.188 e. The summed E-state index contributed by atoms with van der Waals surface area (Å²) in [4.78, 5) is 14.0. The molecule has 3 N–H and O–H groups in total. The Morgan fingerprint density at radius 3 is 2.38 bits per heavy atom. The van der Waals surface area contributed by atoms with Crippen molar-refractivity contribution >= 4 is 28.8 Å². The average molecular weight is 304 g/mol. The van der Waals surface area contributed by atoms with E-state index in [2.05, 4.69) is 5.32 Å². The van der Waals surface area contributed by atoms with E-state index in [0.717, 1.165) is 11.3 Å². The first kappa shape index (κ1) is 15.5. The van der Waals surface area contributed by atoms with Gasteiger partial charge in [-0.25, -0.2) is 5.84 Å². The third-order valence-electron chi connectivity index (χ3n) is 3.65. The normalized spacial score (nSPS) is 18.6. The Morgan fingerprint density at radius 2 is 1.90 bits per heavy atom. The lowest BCUT2D eigenvalue weighted by molar-refractivity contribution is -0.114. The number of allylic oxidation sites excluding steroid dienone is 1. The third kappa shape index (κ3) is 2.91. The first-order chi connectivity index (χ1) is 9.82. The van der Waals surface area contributed by atoms with Gasteiger partial charge in [0.05, 0.1) is 6.04 Å². The minimum atomic E-state index is -0.258. The molecule has 0 amide bonds. The van der Waals surface area contributed by atoms with Crippen LogP contribution in [0.1, 0.15) is 25.5 Å². The van der Waals surface area contributed by atoms with Crippen LogP contribution in [0.2, 0.25) is 0 Å². The number of nitrogens with zero attached hydrogens (tertiary/aromatic N) is 2. The third-order valence-corrected chi connectivity index (χ3v) is 3.96. The van der Waals surface area contributed by atoms with Crippen LogP contribution in [-0.2, 0) is 4.79 Å². The highest BCUT2D eigenvalue weighted by atomic mass is 32.1. The van der Waals surface area contributed by atoms with Gasteiger partial charge < -0.3 is 10.2 Å². The molecule has 0 bridgehead atoms. The Morgan fingerprint density at radius 1 is 1.33 bits per heavy atom.